The minimum Gasteiger partial charge on any atom is -0.443 e. The van der Waals surface area contributed by atoms with E-state index in [1.807, 2.05) is 0 Å². The highest BCUT2D eigenvalue weighted by Gasteiger charge is 2.54. The van der Waals surface area contributed by atoms with Crippen molar-refractivity contribution in [2.75, 3.05) is 0 Å². The first-order valence-corrected chi connectivity index (χ1v) is 14.4. The number of amides is 2. The molecule has 9 saturated carbocycles. The summed E-state index contributed by atoms with van der Waals surface area (Å²) in [5.41, 5.74) is -0.403. The lowest BCUT2D eigenvalue weighted by molar-refractivity contribution is -0.127. The van der Waals surface area contributed by atoms with Gasteiger partial charge in [-0.15, -0.1) is 0 Å². The number of nitrogens with one attached hydrogen (secondary N) is 2. The maximum atomic E-state index is 12.9. The molecule has 34 heavy (non-hydrogen) atoms. The van der Waals surface area contributed by atoms with Gasteiger partial charge in [-0.25, -0.2) is 9.59 Å². The van der Waals surface area contributed by atoms with E-state index in [9.17, 15) is 9.59 Å². The molecule has 9 aliphatic carbocycles. The molecule has 2 N–H and O–H groups in total. The number of carbonyl (C=O) groups excluding carboxylic acids is 2. The molecule has 0 aromatic carbocycles. The first-order valence-electron chi connectivity index (χ1n) is 14.4. The topological polar surface area (TPSA) is 76.7 Å². The summed E-state index contributed by atoms with van der Waals surface area (Å²) in [5.74, 6) is 4.60. The van der Waals surface area contributed by atoms with E-state index in [0.717, 1.165) is 99.7 Å². The Labute approximate surface area is 203 Å². The Kier molecular flexibility index (Phi) is 5.14. The maximum Gasteiger partial charge on any atom is 0.407 e. The van der Waals surface area contributed by atoms with Crippen molar-refractivity contribution < 1.29 is 19.1 Å². The molecular weight excluding hydrogens is 428 g/mol. The molecule has 9 fully saturated rings. The second-order valence-corrected chi connectivity index (χ2v) is 13.8. The molecule has 9 aliphatic rings. The number of carbonyl (C=O) groups is 2. The summed E-state index contributed by atoms with van der Waals surface area (Å²) >= 11 is 0. The van der Waals surface area contributed by atoms with E-state index in [1.165, 1.54) is 38.5 Å². The van der Waals surface area contributed by atoms with E-state index in [1.54, 1.807) is 0 Å². The Morgan fingerprint density at radius 3 is 1.18 bits per heavy atom. The summed E-state index contributed by atoms with van der Waals surface area (Å²) in [7, 11) is 0. The van der Waals surface area contributed by atoms with Crippen LogP contribution in [0.15, 0.2) is 0 Å². The van der Waals surface area contributed by atoms with Crippen LogP contribution in [0.3, 0.4) is 0 Å². The third kappa shape index (κ3) is 4.11. The zero-order chi connectivity index (χ0) is 22.9. The molecule has 188 valence electrons. The molecule has 0 radical (unpaired) electrons. The Morgan fingerprint density at radius 2 is 0.853 bits per heavy atom. The van der Waals surface area contributed by atoms with Crippen molar-refractivity contribution in [2.45, 2.75) is 126 Å². The van der Waals surface area contributed by atoms with Gasteiger partial charge in [-0.05, 0) is 138 Å². The van der Waals surface area contributed by atoms with Gasteiger partial charge >= 0.3 is 12.2 Å². The van der Waals surface area contributed by atoms with Crippen LogP contribution in [0.4, 0.5) is 9.59 Å². The molecule has 6 heteroatoms. The monoisotopic (exact) mass is 470 g/mol. The molecule has 0 heterocycles. The molecule has 9 rings (SSSR count). The predicted octanol–water partition coefficient (Wildman–Crippen LogP) is 5.69. The average molecular weight is 471 g/mol. The van der Waals surface area contributed by atoms with Gasteiger partial charge in [0.05, 0.1) is 0 Å². The number of rotatable bonds is 4. The second-order valence-electron chi connectivity index (χ2n) is 13.8. The fraction of sp³-hybridized carbons (Fsp3) is 0.929. The quantitative estimate of drug-likeness (QED) is 0.554. The van der Waals surface area contributed by atoms with E-state index in [4.69, 9.17) is 9.47 Å². The lowest BCUT2D eigenvalue weighted by Crippen LogP contribution is -2.55. The highest BCUT2D eigenvalue weighted by atomic mass is 16.6. The van der Waals surface area contributed by atoms with Gasteiger partial charge in [0.2, 0.25) is 0 Å². The van der Waals surface area contributed by atoms with E-state index >= 15 is 0 Å². The van der Waals surface area contributed by atoms with Crippen LogP contribution in [0.1, 0.15) is 103 Å². The van der Waals surface area contributed by atoms with Gasteiger partial charge in [0.15, 0.2) is 0 Å². The van der Waals surface area contributed by atoms with Gasteiger partial charge in [-0.1, -0.05) is 0 Å². The van der Waals surface area contributed by atoms with Crippen LogP contribution in [-0.2, 0) is 9.47 Å². The third-order valence-electron chi connectivity index (χ3n) is 10.9. The molecule has 0 saturated heterocycles. The number of hydrogen-bond donors (Lipinski definition) is 2. The summed E-state index contributed by atoms with van der Waals surface area (Å²) in [6.07, 6.45) is 17.7. The fourth-order valence-corrected chi connectivity index (χ4v) is 10.5. The van der Waals surface area contributed by atoms with Crippen molar-refractivity contribution in [3.05, 3.63) is 0 Å². The third-order valence-corrected chi connectivity index (χ3v) is 10.9. The Morgan fingerprint density at radius 1 is 0.529 bits per heavy atom. The fourth-order valence-electron chi connectivity index (χ4n) is 10.5. The Bertz CT molecular complexity index is 704. The average Bonchev–Trinajstić information content (AvgIpc) is 2.70. The molecule has 0 aliphatic heterocycles. The van der Waals surface area contributed by atoms with Crippen LogP contribution in [0.25, 0.3) is 0 Å². The lowest BCUT2D eigenvalue weighted by atomic mass is 9.54. The van der Waals surface area contributed by atoms with Gasteiger partial charge in [0.1, 0.15) is 11.2 Å². The van der Waals surface area contributed by atoms with Crippen LogP contribution in [-0.4, -0.2) is 35.5 Å². The Hall–Kier alpha value is -1.46. The first-order chi connectivity index (χ1) is 16.4. The van der Waals surface area contributed by atoms with Crippen molar-refractivity contribution in [1.82, 2.24) is 10.6 Å². The number of hydrogen-bond acceptors (Lipinski definition) is 4. The molecule has 0 spiro atoms. The highest BCUT2D eigenvalue weighted by molar-refractivity contribution is 5.69. The number of alkyl carbamates (subject to hydrolysis) is 2. The molecule has 0 aromatic heterocycles. The van der Waals surface area contributed by atoms with Crippen LogP contribution in [0.5, 0.6) is 0 Å². The SMILES string of the molecule is O=C(NC1CCCC(NC(=O)OC23CC4CC(CC(C4)C2)C3)C1)OC12CC3CC(CC(C3)C1)C2. The largest absolute Gasteiger partial charge is 0.443 e. The van der Waals surface area contributed by atoms with Gasteiger partial charge in [-0.2, -0.15) is 0 Å². The maximum absolute atomic E-state index is 12.9. The van der Waals surface area contributed by atoms with E-state index in [-0.39, 0.29) is 35.5 Å². The molecular formula is C28H42N2O4. The Balaban J connectivity index is 0.909. The normalized spacial score (nSPS) is 50.1. The molecule has 0 aromatic rings. The van der Waals surface area contributed by atoms with Crippen LogP contribution in [0.2, 0.25) is 0 Å². The minimum atomic E-state index is -0.233. The van der Waals surface area contributed by atoms with Crippen molar-refractivity contribution in [2.24, 2.45) is 35.5 Å². The standard InChI is InChI=1S/C28H42N2O4/c31-25(33-27-11-17-4-18(12-27)6-19(5-17)13-27)29-23-2-1-3-24(10-23)30-26(32)34-28-14-20-7-21(15-28)9-22(8-20)16-28/h17-24H,1-16H2,(H,29,31)(H,30,32). The lowest BCUT2D eigenvalue weighted by Gasteiger charge is -2.55. The van der Waals surface area contributed by atoms with Crippen LogP contribution < -0.4 is 10.6 Å². The van der Waals surface area contributed by atoms with Gasteiger partial charge in [0, 0.05) is 12.1 Å². The van der Waals surface area contributed by atoms with Crippen LogP contribution >= 0.6 is 0 Å². The summed E-state index contributed by atoms with van der Waals surface area (Å²) in [6, 6.07) is 0.139. The zero-order valence-electron chi connectivity index (χ0n) is 20.6. The zero-order valence-corrected chi connectivity index (χ0v) is 20.6. The molecule has 8 bridgehead atoms. The summed E-state index contributed by atoms with van der Waals surface area (Å²) in [6.45, 7) is 0. The van der Waals surface area contributed by atoms with Gasteiger partial charge in [0.25, 0.3) is 0 Å². The first kappa shape index (κ1) is 21.8. The van der Waals surface area contributed by atoms with E-state index in [2.05, 4.69) is 10.6 Å². The van der Waals surface area contributed by atoms with Gasteiger partial charge in [-0.3, -0.25) is 0 Å². The molecule has 2 unspecified atom stereocenters. The number of ether oxygens (including phenoxy) is 2. The van der Waals surface area contributed by atoms with Crippen molar-refractivity contribution >= 4 is 12.2 Å². The molecule has 2 amide bonds. The van der Waals surface area contributed by atoms with E-state index < -0.39 is 0 Å². The smallest absolute Gasteiger partial charge is 0.407 e. The van der Waals surface area contributed by atoms with Gasteiger partial charge < -0.3 is 20.1 Å². The van der Waals surface area contributed by atoms with Crippen molar-refractivity contribution in [3.63, 3.8) is 0 Å². The molecule has 2 atom stereocenters. The summed E-state index contributed by atoms with van der Waals surface area (Å²) in [4.78, 5) is 25.8. The van der Waals surface area contributed by atoms with E-state index in [0.29, 0.717) is 0 Å². The second kappa shape index (κ2) is 8.03. The highest BCUT2D eigenvalue weighted by Crippen LogP contribution is 2.58. The summed E-state index contributed by atoms with van der Waals surface area (Å²) in [5, 5.41) is 6.34. The van der Waals surface area contributed by atoms with Crippen molar-refractivity contribution in [1.29, 1.82) is 0 Å². The van der Waals surface area contributed by atoms with Crippen LogP contribution in [0, 0.1) is 35.5 Å². The van der Waals surface area contributed by atoms with Crippen molar-refractivity contribution in [3.8, 4) is 0 Å². The minimum absolute atomic E-state index is 0.0695. The molecule has 6 nitrogen and oxygen atoms in total. The predicted molar refractivity (Wildman–Crippen MR) is 127 cm³/mol. The summed E-state index contributed by atoms with van der Waals surface area (Å²) < 4.78 is 12.3.